The Morgan fingerprint density at radius 3 is 2.85 bits per heavy atom. The predicted octanol–water partition coefficient (Wildman–Crippen LogP) is 3.01. The highest BCUT2D eigenvalue weighted by molar-refractivity contribution is 6.29. The number of aromatic nitrogens is 3. The van der Waals surface area contributed by atoms with Crippen LogP contribution in [-0.4, -0.2) is 40.6 Å². The van der Waals surface area contributed by atoms with Crippen molar-refractivity contribution in [3.8, 4) is 17.4 Å². The molecule has 1 aromatic carbocycles. The van der Waals surface area contributed by atoms with E-state index in [-0.39, 0.29) is 35.1 Å². The number of rotatable bonds is 3. The molecule has 1 atom stereocenters. The average molecular weight is 471 g/mol. The standard InChI is InChI=1S/C21H16ClFN6O4/c1-31-16-9-25-13(8-26-16)19(30)27-10-2-3-14-11(6-10)21(4-5-32-20(24)29-21)12-7-15(22)28-18(23)17(12)33-14/h2-3,6-9H,4-5H2,1H3,(H2,24,29)(H,27,30)/t21-/m0/s1. The fourth-order valence-electron chi connectivity index (χ4n) is 3.86. The molecule has 2 aliphatic heterocycles. The highest BCUT2D eigenvalue weighted by Gasteiger charge is 2.46. The molecule has 2 aromatic heterocycles. The van der Waals surface area contributed by atoms with E-state index in [1.807, 2.05) is 0 Å². The van der Waals surface area contributed by atoms with Gasteiger partial charge in [0.1, 0.15) is 22.1 Å². The molecule has 5 rings (SSSR count). The zero-order valence-corrected chi connectivity index (χ0v) is 17.9. The first-order chi connectivity index (χ1) is 15.9. The molecule has 0 saturated heterocycles. The molecule has 0 saturated carbocycles. The molecule has 10 nitrogen and oxygen atoms in total. The van der Waals surface area contributed by atoms with E-state index in [1.165, 1.54) is 25.6 Å². The van der Waals surface area contributed by atoms with Crippen LogP contribution in [0.4, 0.5) is 10.1 Å². The smallest absolute Gasteiger partial charge is 0.283 e. The summed E-state index contributed by atoms with van der Waals surface area (Å²) in [7, 11) is 1.45. The van der Waals surface area contributed by atoms with E-state index in [0.29, 0.717) is 29.0 Å². The number of pyridine rings is 1. The number of aliphatic imine (C=N–C) groups is 1. The number of nitrogens with one attached hydrogen (secondary N) is 1. The number of carbonyl (C=O) groups is 1. The summed E-state index contributed by atoms with van der Waals surface area (Å²) < 4.78 is 30.7. The Morgan fingerprint density at radius 2 is 2.12 bits per heavy atom. The second-order valence-electron chi connectivity index (χ2n) is 7.23. The van der Waals surface area contributed by atoms with Crippen LogP contribution in [0.2, 0.25) is 5.15 Å². The van der Waals surface area contributed by atoms with Gasteiger partial charge in [0.25, 0.3) is 17.9 Å². The maximum Gasteiger partial charge on any atom is 0.283 e. The Kier molecular flexibility index (Phi) is 4.97. The fourth-order valence-corrected chi connectivity index (χ4v) is 4.04. The van der Waals surface area contributed by atoms with E-state index >= 15 is 0 Å². The lowest BCUT2D eigenvalue weighted by molar-refractivity contribution is 0.102. The van der Waals surface area contributed by atoms with Crippen molar-refractivity contribution in [1.82, 2.24) is 15.0 Å². The van der Waals surface area contributed by atoms with Crippen LogP contribution in [0.15, 0.2) is 41.7 Å². The van der Waals surface area contributed by atoms with E-state index in [2.05, 4.69) is 25.3 Å². The number of carbonyl (C=O) groups excluding carboxylic acids is 1. The predicted molar refractivity (Wildman–Crippen MR) is 115 cm³/mol. The summed E-state index contributed by atoms with van der Waals surface area (Å²) in [4.78, 5) is 28.8. The number of ether oxygens (including phenoxy) is 3. The Bertz CT molecular complexity index is 1300. The van der Waals surface area contributed by atoms with Gasteiger partial charge in [-0.3, -0.25) is 4.79 Å². The van der Waals surface area contributed by atoms with Gasteiger partial charge in [-0.1, -0.05) is 11.6 Å². The Hall–Kier alpha value is -3.99. The number of nitrogens with two attached hydrogens (primary N) is 1. The summed E-state index contributed by atoms with van der Waals surface area (Å²) in [5.74, 6) is -0.807. The largest absolute Gasteiger partial charge is 0.480 e. The third-order valence-corrected chi connectivity index (χ3v) is 5.52. The number of amides is 1. The van der Waals surface area contributed by atoms with Crippen LogP contribution in [0, 0.1) is 5.95 Å². The minimum atomic E-state index is -1.14. The number of fused-ring (bicyclic) bond motifs is 4. The maximum absolute atomic E-state index is 14.6. The van der Waals surface area contributed by atoms with E-state index in [0.717, 1.165) is 0 Å². The molecule has 1 spiro atoms. The van der Waals surface area contributed by atoms with Crippen LogP contribution in [-0.2, 0) is 10.3 Å². The number of methoxy groups -OCH3 is 1. The zero-order valence-electron chi connectivity index (χ0n) is 17.1. The molecular formula is C21H16ClFN6O4. The molecule has 3 N–H and O–H groups in total. The van der Waals surface area contributed by atoms with Crippen LogP contribution in [0.1, 0.15) is 28.0 Å². The minimum absolute atomic E-state index is 0.0551. The number of halogens is 2. The molecule has 0 unspecified atom stereocenters. The fraction of sp³-hybridized carbons (Fsp3) is 0.190. The lowest BCUT2D eigenvalue weighted by Gasteiger charge is -2.39. The van der Waals surface area contributed by atoms with Gasteiger partial charge in [0.2, 0.25) is 5.88 Å². The van der Waals surface area contributed by atoms with E-state index in [9.17, 15) is 9.18 Å². The highest BCUT2D eigenvalue weighted by atomic mass is 35.5. The van der Waals surface area contributed by atoms with Gasteiger partial charge in [0.05, 0.1) is 26.1 Å². The molecule has 33 heavy (non-hydrogen) atoms. The molecule has 168 valence electrons. The summed E-state index contributed by atoms with van der Waals surface area (Å²) in [5, 5.41) is 2.71. The topological polar surface area (TPSA) is 134 Å². The third kappa shape index (κ3) is 3.55. The first kappa shape index (κ1) is 20.9. The van der Waals surface area contributed by atoms with Crippen LogP contribution in [0.5, 0.6) is 17.4 Å². The quantitative estimate of drug-likeness (QED) is 0.558. The van der Waals surface area contributed by atoms with E-state index in [1.54, 1.807) is 18.2 Å². The number of amidine groups is 1. The Balaban J connectivity index is 1.57. The van der Waals surface area contributed by atoms with Gasteiger partial charge in [-0.05, 0) is 24.3 Å². The van der Waals surface area contributed by atoms with Crippen LogP contribution >= 0.6 is 11.6 Å². The van der Waals surface area contributed by atoms with Crippen molar-refractivity contribution in [2.24, 2.45) is 10.7 Å². The van der Waals surface area contributed by atoms with Gasteiger partial charge in [-0.15, -0.1) is 0 Å². The van der Waals surface area contributed by atoms with Gasteiger partial charge in [0.15, 0.2) is 5.75 Å². The van der Waals surface area contributed by atoms with Crippen molar-refractivity contribution < 1.29 is 23.4 Å². The number of benzene rings is 1. The summed E-state index contributed by atoms with van der Waals surface area (Å²) in [6, 6.07) is 6.33. The number of hydrogen-bond acceptors (Lipinski definition) is 9. The number of anilines is 1. The molecule has 0 fully saturated rings. The first-order valence-corrected chi connectivity index (χ1v) is 10.1. The minimum Gasteiger partial charge on any atom is -0.480 e. The Labute approximate surface area is 191 Å². The van der Waals surface area contributed by atoms with Crippen molar-refractivity contribution in [2.45, 2.75) is 12.0 Å². The lowest BCUT2D eigenvalue weighted by atomic mass is 9.78. The molecule has 4 heterocycles. The van der Waals surface area contributed by atoms with Crippen molar-refractivity contribution in [3.05, 3.63) is 64.6 Å². The van der Waals surface area contributed by atoms with Crippen LogP contribution in [0.25, 0.3) is 0 Å². The van der Waals surface area contributed by atoms with Crippen molar-refractivity contribution in [3.63, 3.8) is 0 Å². The molecular weight excluding hydrogens is 455 g/mol. The molecule has 0 radical (unpaired) electrons. The van der Waals surface area contributed by atoms with Gasteiger partial charge >= 0.3 is 0 Å². The second-order valence-corrected chi connectivity index (χ2v) is 7.62. The Morgan fingerprint density at radius 1 is 1.27 bits per heavy atom. The third-order valence-electron chi connectivity index (χ3n) is 5.33. The molecule has 12 heteroatoms. The van der Waals surface area contributed by atoms with Crippen molar-refractivity contribution >= 4 is 29.2 Å². The van der Waals surface area contributed by atoms with Crippen LogP contribution in [0.3, 0.4) is 0 Å². The monoisotopic (exact) mass is 470 g/mol. The summed E-state index contributed by atoms with van der Waals surface area (Å²) in [6.45, 7) is 0.230. The molecule has 0 aliphatic carbocycles. The summed E-state index contributed by atoms with van der Waals surface area (Å²) in [5.41, 5.74) is 6.21. The average Bonchev–Trinajstić information content (AvgIpc) is 2.80. The molecule has 1 amide bonds. The summed E-state index contributed by atoms with van der Waals surface area (Å²) in [6.07, 6.45) is 2.97. The molecule has 2 aliphatic rings. The SMILES string of the molecule is COc1cnc(C(=O)Nc2ccc3c(c2)[C@@]2(CCOC(N)=N2)c2cc(Cl)nc(F)c2O3)cn1. The second kappa shape index (κ2) is 7.85. The normalized spacial score (nSPS) is 18.3. The van der Waals surface area contributed by atoms with Crippen molar-refractivity contribution in [2.75, 3.05) is 19.0 Å². The van der Waals surface area contributed by atoms with Crippen molar-refractivity contribution in [1.29, 1.82) is 0 Å². The zero-order chi connectivity index (χ0) is 23.2. The lowest BCUT2D eigenvalue weighted by Crippen LogP contribution is -2.39. The molecule has 0 bridgehead atoms. The summed E-state index contributed by atoms with van der Waals surface area (Å²) >= 11 is 6.04. The maximum atomic E-state index is 14.6. The van der Waals surface area contributed by atoms with Gasteiger partial charge in [-0.2, -0.15) is 4.39 Å². The highest BCUT2D eigenvalue weighted by Crippen LogP contribution is 2.53. The molecule has 3 aromatic rings. The van der Waals surface area contributed by atoms with Gasteiger partial charge in [-0.25, -0.2) is 19.9 Å². The van der Waals surface area contributed by atoms with Crippen LogP contribution < -0.4 is 20.5 Å². The van der Waals surface area contributed by atoms with E-state index in [4.69, 9.17) is 31.5 Å². The first-order valence-electron chi connectivity index (χ1n) is 9.74. The number of hydrogen-bond donors (Lipinski definition) is 2. The number of nitrogens with zero attached hydrogens (tertiary/aromatic N) is 4. The van der Waals surface area contributed by atoms with E-state index < -0.39 is 17.4 Å². The van der Waals surface area contributed by atoms with Gasteiger partial charge < -0.3 is 25.3 Å². The van der Waals surface area contributed by atoms with Gasteiger partial charge in [0, 0.05) is 23.2 Å².